The molecule has 0 spiro atoms. The largest absolute Gasteiger partial charge is 0.419 e. The Hall–Kier alpha value is -3.07. The van der Waals surface area contributed by atoms with Gasteiger partial charge >= 0.3 is 6.18 Å². The van der Waals surface area contributed by atoms with Crippen LogP contribution in [-0.2, 0) is 20.9 Å². The van der Waals surface area contributed by atoms with Gasteiger partial charge < -0.3 is 10.5 Å². The standard InChI is InChI=1S/C20H17F3N6O3S2/c21-20(22,23)15-9-13(10-25-17(15)24)16-11-29-19(26-16)33-18(27-29)12-1-3-14(4-2-12)34(30,31)28-5-7-32-8-6-28/h1-4,9-11H,5-8H2,(H2,24,25). The van der Waals surface area contributed by atoms with Gasteiger partial charge in [0.15, 0.2) is 0 Å². The first-order valence-corrected chi connectivity index (χ1v) is 12.3. The van der Waals surface area contributed by atoms with Gasteiger partial charge in [-0.3, -0.25) is 0 Å². The number of morpholine rings is 1. The Labute approximate surface area is 195 Å². The Morgan fingerprint density at radius 2 is 1.79 bits per heavy atom. The molecule has 0 bridgehead atoms. The topological polar surface area (TPSA) is 116 Å². The zero-order valence-corrected chi connectivity index (χ0v) is 19.0. The van der Waals surface area contributed by atoms with Gasteiger partial charge in [0.2, 0.25) is 15.0 Å². The quantitative estimate of drug-likeness (QED) is 0.448. The highest BCUT2D eigenvalue weighted by molar-refractivity contribution is 7.89. The zero-order chi connectivity index (χ0) is 24.1. The van der Waals surface area contributed by atoms with E-state index in [9.17, 15) is 21.6 Å². The lowest BCUT2D eigenvalue weighted by atomic mass is 10.1. The van der Waals surface area contributed by atoms with E-state index >= 15 is 0 Å². The summed E-state index contributed by atoms with van der Waals surface area (Å²) in [4.78, 5) is 8.63. The van der Waals surface area contributed by atoms with E-state index in [0.29, 0.717) is 41.8 Å². The van der Waals surface area contributed by atoms with Crippen molar-refractivity contribution in [3.63, 3.8) is 0 Å². The van der Waals surface area contributed by atoms with Crippen LogP contribution in [0.1, 0.15) is 5.56 Å². The molecular weight excluding hydrogens is 493 g/mol. The van der Waals surface area contributed by atoms with E-state index in [1.807, 2.05) is 0 Å². The van der Waals surface area contributed by atoms with Gasteiger partial charge in [-0.15, -0.1) is 0 Å². The summed E-state index contributed by atoms with van der Waals surface area (Å²) in [6.07, 6.45) is -1.90. The summed E-state index contributed by atoms with van der Waals surface area (Å²) in [6, 6.07) is 7.27. The van der Waals surface area contributed by atoms with Gasteiger partial charge in [0.25, 0.3) is 0 Å². The number of imidazole rings is 1. The average Bonchev–Trinajstić information content (AvgIpc) is 3.39. The summed E-state index contributed by atoms with van der Waals surface area (Å²) in [7, 11) is -3.60. The van der Waals surface area contributed by atoms with Crippen LogP contribution in [0.15, 0.2) is 47.6 Å². The van der Waals surface area contributed by atoms with E-state index in [1.165, 1.54) is 44.7 Å². The lowest BCUT2D eigenvalue weighted by molar-refractivity contribution is -0.137. The molecule has 0 unspecified atom stereocenters. The third kappa shape index (κ3) is 4.13. The predicted octanol–water partition coefficient (Wildman–Crippen LogP) is 3.14. The second kappa shape index (κ2) is 8.30. The fourth-order valence-corrected chi connectivity index (χ4v) is 5.80. The maximum atomic E-state index is 13.1. The fourth-order valence-electron chi connectivity index (χ4n) is 3.50. The third-order valence-electron chi connectivity index (χ3n) is 5.27. The van der Waals surface area contributed by atoms with Crippen LogP contribution in [0.5, 0.6) is 0 Å². The Morgan fingerprint density at radius 3 is 2.44 bits per heavy atom. The minimum Gasteiger partial charge on any atom is -0.383 e. The SMILES string of the molecule is Nc1ncc(-c2cn3nc(-c4ccc(S(=O)(=O)N5CCOCC5)cc4)sc3n2)cc1C(F)(F)F. The maximum Gasteiger partial charge on any atom is 0.419 e. The predicted molar refractivity (Wildman–Crippen MR) is 119 cm³/mol. The second-order valence-electron chi connectivity index (χ2n) is 7.46. The molecule has 1 saturated heterocycles. The van der Waals surface area contributed by atoms with E-state index in [2.05, 4.69) is 15.1 Å². The number of nitrogens with two attached hydrogens (primary N) is 1. The highest BCUT2D eigenvalue weighted by Crippen LogP contribution is 2.35. The number of nitrogens with zero attached hydrogens (tertiary/aromatic N) is 5. The van der Waals surface area contributed by atoms with E-state index < -0.39 is 27.6 Å². The number of halogens is 3. The highest BCUT2D eigenvalue weighted by Gasteiger charge is 2.34. The Balaban J connectivity index is 1.41. The van der Waals surface area contributed by atoms with Gasteiger partial charge in [-0.25, -0.2) is 22.9 Å². The fraction of sp³-hybridized carbons (Fsp3) is 0.250. The van der Waals surface area contributed by atoms with Crippen molar-refractivity contribution in [1.82, 2.24) is 23.9 Å². The Bertz CT molecular complexity index is 1430. The van der Waals surface area contributed by atoms with Crippen LogP contribution in [0, 0.1) is 0 Å². The molecule has 4 aromatic rings. The normalized spacial score (nSPS) is 15.7. The molecule has 0 radical (unpaired) electrons. The average molecular weight is 511 g/mol. The lowest BCUT2D eigenvalue weighted by Gasteiger charge is -2.26. The summed E-state index contributed by atoms with van der Waals surface area (Å²) in [6.45, 7) is 1.35. The minimum atomic E-state index is -4.63. The molecule has 3 aromatic heterocycles. The van der Waals surface area contributed by atoms with Crippen LogP contribution in [0.2, 0.25) is 0 Å². The molecule has 178 valence electrons. The van der Waals surface area contributed by atoms with Crippen LogP contribution in [0.3, 0.4) is 0 Å². The van der Waals surface area contributed by atoms with Crippen LogP contribution in [0.25, 0.3) is 26.8 Å². The van der Waals surface area contributed by atoms with E-state index in [4.69, 9.17) is 10.5 Å². The molecule has 1 fully saturated rings. The van der Waals surface area contributed by atoms with Gasteiger partial charge in [-0.1, -0.05) is 23.5 Å². The molecule has 34 heavy (non-hydrogen) atoms. The van der Waals surface area contributed by atoms with Gasteiger partial charge in [0.05, 0.1) is 35.6 Å². The summed E-state index contributed by atoms with van der Waals surface area (Å²) < 4.78 is 73.0. The van der Waals surface area contributed by atoms with Crippen LogP contribution in [-0.4, -0.2) is 58.6 Å². The van der Waals surface area contributed by atoms with Crippen molar-refractivity contribution in [1.29, 1.82) is 0 Å². The summed E-state index contributed by atoms with van der Waals surface area (Å²) in [5, 5.41) is 5.01. The number of alkyl halides is 3. The zero-order valence-electron chi connectivity index (χ0n) is 17.4. The number of aromatic nitrogens is 4. The van der Waals surface area contributed by atoms with Crippen LogP contribution in [0.4, 0.5) is 19.0 Å². The van der Waals surface area contributed by atoms with Gasteiger partial charge in [0.1, 0.15) is 10.8 Å². The molecule has 0 amide bonds. The summed E-state index contributed by atoms with van der Waals surface area (Å²) in [5.74, 6) is -0.600. The van der Waals surface area contributed by atoms with Crippen LogP contribution < -0.4 is 5.73 Å². The van der Waals surface area contributed by atoms with Gasteiger partial charge in [-0.2, -0.15) is 22.6 Å². The monoisotopic (exact) mass is 510 g/mol. The van der Waals surface area contributed by atoms with Crippen molar-refractivity contribution in [2.45, 2.75) is 11.1 Å². The Morgan fingerprint density at radius 1 is 1.09 bits per heavy atom. The Kier molecular flexibility index (Phi) is 5.55. The second-order valence-corrected chi connectivity index (χ2v) is 10.3. The van der Waals surface area contributed by atoms with Gasteiger partial charge in [0, 0.05) is 30.4 Å². The summed E-state index contributed by atoms with van der Waals surface area (Å²) >= 11 is 1.22. The molecule has 1 aliphatic rings. The highest BCUT2D eigenvalue weighted by atomic mass is 32.2. The molecule has 0 saturated carbocycles. The van der Waals surface area contributed by atoms with Gasteiger partial charge in [-0.05, 0) is 18.2 Å². The first kappa shape index (κ1) is 22.7. The number of hydrogen-bond acceptors (Lipinski definition) is 8. The number of hydrogen-bond donors (Lipinski definition) is 1. The smallest absolute Gasteiger partial charge is 0.383 e. The molecule has 5 rings (SSSR count). The van der Waals surface area contributed by atoms with Crippen LogP contribution >= 0.6 is 11.3 Å². The first-order chi connectivity index (χ1) is 16.1. The number of fused-ring (bicyclic) bond motifs is 1. The molecular formula is C20H17F3N6O3S2. The van der Waals surface area contributed by atoms with Crippen molar-refractivity contribution in [3.8, 4) is 21.8 Å². The number of sulfonamides is 1. The van der Waals surface area contributed by atoms with Crippen molar-refractivity contribution >= 4 is 32.1 Å². The van der Waals surface area contributed by atoms with Crippen molar-refractivity contribution in [2.24, 2.45) is 0 Å². The molecule has 1 aliphatic heterocycles. The van der Waals surface area contributed by atoms with E-state index in [0.717, 1.165) is 6.07 Å². The molecule has 1 aromatic carbocycles. The molecule has 0 aliphatic carbocycles. The number of rotatable bonds is 4. The maximum absolute atomic E-state index is 13.1. The van der Waals surface area contributed by atoms with Crippen molar-refractivity contribution < 1.29 is 26.3 Å². The lowest BCUT2D eigenvalue weighted by Crippen LogP contribution is -2.40. The molecule has 0 atom stereocenters. The molecule has 14 heteroatoms. The van der Waals surface area contributed by atoms with E-state index in [1.54, 1.807) is 12.1 Å². The number of anilines is 1. The molecule has 2 N–H and O–H groups in total. The van der Waals surface area contributed by atoms with E-state index in [-0.39, 0.29) is 16.2 Å². The van der Waals surface area contributed by atoms with Crippen molar-refractivity contribution in [2.75, 3.05) is 32.0 Å². The summed E-state index contributed by atoms with van der Waals surface area (Å²) in [5.41, 5.74) is 5.46. The first-order valence-electron chi connectivity index (χ1n) is 10.0. The number of benzene rings is 1. The molecule has 9 nitrogen and oxygen atoms in total. The number of pyridine rings is 1. The number of ether oxygens (including phenoxy) is 1. The minimum absolute atomic E-state index is 0.165. The molecule has 4 heterocycles. The number of nitrogen functional groups attached to an aromatic ring is 1. The van der Waals surface area contributed by atoms with Crippen molar-refractivity contribution in [3.05, 3.63) is 48.3 Å². The third-order valence-corrected chi connectivity index (χ3v) is 8.16.